The van der Waals surface area contributed by atoms with Gasteiger partial charge in [0.05, 0.1) is 0 Å². The topological polar surface area (TPSA) is 37.8 Å². The molecule has 1 unspecified atom stereocenters. The Hall–Kier alpha value is -0.830. The van der Waals surface area contributed by atoms with Gasteiger partial charge in [-0.3, -0.25) is 0 Å². The molecule has 0 saturated heterocycles. The van der Waals surface area contributed by atoms with Crippen LogP contribution in [-0.4, -0.2) is 16.0 Å². The van der Waals surface area contributed by atoms with Crippen molar-refractivity contribution < 1.29 is 0 Å². The summed E-state index contributed by atoms with van der Waals surface area (Å²) in [4.78, 5) is 8.46. The van der Waals surface area contributed by atoms with Crippen LogP contribution in [0.1, 0.15) is 45.4 Å². The molecule has 4 heteroatoms. The second-order valence-electron chi connectivity index (χ2n) is 7.34. The van der Waals surface area contributed by atoms with Crippen molar-refractivity contribution in [2.24, 2.45) is 23.2 Å². The first kappa shape index (κ1) is 12.9. The Kier molecular flexibility index (Phi) is 2.95. The maximum Gasteiger partial charge on any atom is 0.171 e. The zero-order valence-electron chi connectivity index (χ0n) is 12.0. The summed E-state index contributed by atoms with van der Waals surface area (Å²) in [6, 6.07) is 0.435. The molecule has 108 valence electrons. The van der Waals surface area contributed by atoms with E-state index in [1.54, 1.807) is 12.4 Å². The van der Waals surface area contributed by atoms with Crippen LogP contribution in [0, 0.1) is 23.2 Å². The smallest absolute Gasteiger partial charge is 0.171 e. The number of rotatable bonds is 3. The van der Waals surface area contributed by atoms with Crippen LogP contribution < -0.4 is 5.32 Å². The van der Waals surface area contributed by atoms with Crippen LogP contribution in [0.2, 0.25) is 5.15 Å². The Morgan fingerprint density at radius 3 is 2.20 bits per heavy atom. The van der Waals surface area contributed by atoms with E-state index in [-0.39, 0.29) is 0 Å². The van der Waals surface area contributed by atoms with Gasteiger partial charge in [0.2, 0.25) is 0 Å². The highest BCUT2D eigenvalue weighted by Gasteiger charge is 2.53. The molecule has 0 amide bonds. The normalized spacial score (nSPS) is 39.8. The van der Waals surface area contributed by atoms with Gasteiger partial charge < -0.3 is 5.32 Å². The van der Waals surface area contributed by atoms with E-state index in [0.29, 0.717) is 16.6 Å². The third-order valence-electron chi connectivity index (χ3n) is 6.01. The summed E-state index contributed by atoms with van der Waals surface area (Å²) in [6.45, 7) is 2.32. The van der Waals surface area contributed by atoms with Crippen molar-refractivity contribution in [3.05, 3.63) is 17.5 Å². The van der Waals surface area contributed by atoms with Gasteiger partial charge in [-0.25, -0.2) is 9.97 Å². The fraction of sp³-hybridized carbons (Fsp3) is 0.750. The van der Waals surface area contributed by atoms with Crippen LogP contribution >= 0.6 is 11.6 Å². The van der Waals surface area contributed by atoms with Crippen molar-refractivity contribution in [2.45, 2.75) is 51.5 Å². The number of hydrogen-bond donors (Lipinski definition) is 1. The summed E-state index contributed by atoms with van der Waals surface area (Å²) in [5.74, 6) is 3.67. The highest BCUT2D eigenvalue weighted by molar-refractivity contribution is 6.31. The van der Waals surface area contributed by atoms with Gasteiger partial charge in [-0.1, -0.05) is 11.6 Å². The Morgan fingerprint density at radius 2 is 1.65 bits per heavy atom. The largest absolute Gasteiger partial charge is 0.365 e. The van der Waals surface area contributed by atoms with Gasteiger partial charge in [0, 0.05) is 18.4 Å². The molecule has 0 radical (unpaired) electrons. The first-order chi connectivity index (χ1) is 9.64. The van der Waals surface area contributed by atoms with E-state index in [0.717, 1.165) is 23.6 Å². The van der Waals surface area contributed by atoms with Crippen molar-refractivity contribution in [3.63, 3.8) is 0 Å². The molecule has 1 N–H and O–H groups in total. The summed E-state index contributed by atoms with van der Waals surface area (Å²) in [5, 5.41) is 4.05. The van der Waals surface area contributed by atoms with E-state index in [9.17, 15) is 0 Å². The number of hydrogen-bond acceptors (Lipinski definition) is 3. The molecule has 1 heterocycles. The molecule has 0 aromatic carbocycles. The summed E-state index contributed by atoms with van der Waals surface area (Å²) in [5.41, 5.74) is 0.468. The Morgan fingerprint density at radius 1 is 1.10 bits per heavy atom. The van der Waals surface area contributed by atoms with Crippen molar-refractivity contribution in [3.8, 4) is 0 Å². The third-order valence-corrected chi connectivity index (χ3v) is 6.29. The maximum atomic E-state index is 6.14. The minimum absolute atomic E-state index is 0.435. The lowest BCUT2D eigenvalue weighted by molar-refractivity contribution is -0.0603. The standard InChI is InChI=1S/C16H22ClN3/c1-10(20-15-14(17)18-2-3-19-15)16-7-11-4-12(8-16)6-13(5-11)9-16/h2-3,10-13H,4-9H2,1H3,(H,19,20). The molecule has 4 fully saturated rings. The average Bonchev–Trinajstić information content (AvgIpc) is 2.40. The summed E-state index contributed by atoms with van der Waals surface area (Å²) in [7, 11) is 0. The van der Waals surface area contributed by atoms with Crippen LogP contribution in [0.15, 0.2) is 12.4 Å². The van der Waals surface area contributed by atoms with Gasteiger partial charge in [-0.05, 0) is 68.6 Å². The number of nitrogens with zero attached hydrogens (tertiary/aromatic N) is 2. The van der Waals surface area contributed by atoms with Gasteiger partial charge in [0.25, 0.3) is 0 Å². The van der Waals surface area contributed by atoms with E-state index >= 15 is 0 Å². The summed E-state index contributed by atoms with van der Waals surface area (Å²) in [6.07, 6.45) is 12.0. The van der Waals surface area contributed by atoms with Gasteiger partial charge in [0.1, 0.15) is 0 Å². The minimum atomic E-state index is 0.435. The van der Waals surface area contributed by atoms with E-state index in [1.165, 1.54) is 38.5 Å². The lowest BCUT2D eigenvalue weighted by Gasteiger charge is -2.59. The molecule has 3 nitrogen and oxygen atoms in total. The van der Waals surface area contributed by atoms with Gasteiger partial charge >= 0.3 is 0 Å². The molecule has 20 heavy (non-hydrogen) atoms. The molecular formula is C16H22ClN3. The molecular weight excluding hydrogens is 270 g/mol. The Bertz CT molecular complexity index is 481. The van der Waals surface area contributed by atoms with E-state index in [4.69, 9.17) is 11.6 Å². The molecule has 4 saturated carbocycles. The first-order valence-corrected chi connectivity index (χ1v) is 8.25. The third kappa shape index (κ3) is 2.02. The second-order valence-corrected chi connectivity index (χ2v) is 7.70. The minimum Gasteiger partial charge on any atom is -0.365 e. The lowest BCUT2D eigenvalue weighted by Crippen LogP contribution is -2.53. The quantitative estimate of drug-likeness (QED) is 0.909. The van der Waals surface area contributed by atoms with Gasteiger partial charge in [-0.15, -0.1) is 0 Å². The Labute approximate surface area is 125 Å². The van der Waals surface area contributed by atoms with Crippen LogP contribution in [0.5, 0.6) is 0 Å². The first-order valence-electron chi connectivity index (χ1n) is 7.88. The summed E-state index contributed by atoms with van der Waals surface area (Å²) < 4.78 is 0. The molecule has 1 aromatic rings. The molecule has 5 rings (SSSR count). The molecule has 1 aromatic heterocycles. The average molecular weight is 292 g/mol. The van der Waals surface area contributed by atoms with E-state index in [2.05, 4.69) is 22.2 Å². The van der Waals surface area contributed by atoms with Crippen molar-refractivity contribution in [2.75, 3.05) is 5.32 Å². The highest BCUT2D eigenvalue weighted by Crippen LogP contribution is 2.61. The number of nitrogens with one attached hydrogen (secondary N) is 1. The molecule has 0 spiro atoms. The van der Waals surface area contributed by atoms with Crippen molar-refractivity contribution in [1.82, 2.24) is 9.97 Å². The van der Waals surface area contributed by atoms with Crippen LogP contribution in [0.3, 0.4) is 0 Å². The van der Waals surface area contributed by atoms with E-state index in [1.807, 2.05) is 0 Å². The zero-order valence-corrected chi connectivity index (χ0v) is 12.7. The molecule has 4 bridgehead atoms. The van der Waals surface area contributed by atoms with E-state index < -0.39 is 0 Å². The highest BCUT2D eigenvalue weighted by atomic mass is 35.5. The van der Waals surface area contributed by atoms with Crippen molar-refractivity contribution in [1.29, 1.82) is 0 Å². The predicted molar refractivity (Wildman–Crippen MR) is 80.7 cm³/mol. The van der Waals surface area contributed by atoms with Gasteiger partial charge in [0.15, 0.2) is 11.0 Å². The van der Waals surface area contributed by atoms with Crippen LogP contribution in [0.4, 0.5) is 5.82 Å². The zero-order chi connectivity index (χ0) is 13.7. The van der Waals surface area contributed by atoms with Crippen LogP contribution in [-0.2, 0) is 0 Å². The SMILES string of the molecule is CC(Nc1nccnc1Cl)C12CC3CC(CC(C3)C1)C2. The van der Waals surface area contributed by atoms with Crippen LogP contribution in [0.25, 0.3) is 0 Å². The fourth-order valence-electron chi connectivity index (χ4n) is 5.48. The lowest BCUT2D eigenvalue weighted by atomic mass is 9.48. The number of aromatic nitrogens is 2. The predicted octanol–water partition coefficient (Wildman–Crippen LogP) is 4.15. The maximum absolute atomic E-state index is 6.14. The molecule has 0 aliphatic heterocycles. The monoisotopic (exact) mass is 291 g/mol. The number of anilines is 1. The van der Waals surface area contributed by atoms with Gasteiger partial charge in [-0.2, -0.15) is 0 Å². The fourth-order valence-corrected chi connectivity index (χ4v) is 5.64. The number of halogens is 1. The van der Waals surface area contributed by atoms with Crippen molar-refractivity contribution >= 4 is 17.4 Å². The molecule has 4 aliphatic rings. The summed E-state index contributed by atoms with van der Waals surface area (Å²) >= 11 is 6.14. The second kappa shape index (κ2) is 4.59. The Balaban J connectivity index is 1.56. The molecule has 4 aliphatic carbocycles. The molecule has 1 atom stereocenters.